The number of ether oxygens (including phenoxy) is 2. The summed E-state index contributed by atoms with van der Waals surface area (Å²) in [6.07, 6.45) is 0. The number of hydrogen-bond donors (Lipinski definition) is 2. The third-order valence-corrected chi connectivity index (χ3v) is 6.38. The van der Waals surface area contributed by atoms with Crippen LogP contribution in [-0.2, 0) is 9.47 Å². The predicted molar refractivity (Wildman–Crippen MR) is 142 cm³/mol. The minimum absolute atomic E-state index is 0.0275. The van der Waals surface area contributed by atoms with Crippen molar-refractivity contribution in [3.05, 3.63) is 72.1 Å². The zero-order valence-electron chi connectivity index (χ0n) is 20.4. The third-order valence-electron chi connectivity index (χ3n) is 6.38. The van der Waals surface area contributed by atoms with Crippen LogP contribution < -0.4 is 15.5 Å². The monoisotopic (exact) mass is 488 g/mol. The second kappa shape index (κ2) is 11.4. The van der Waals surface area contributed by atoms with Crippen molar-refractivity contribution in [2.24, 2.45) is 9.98 Å². The molecule has 0 atom stereocenters. The van der Waals surface area contributed by atoms with E-state index in [2.05, 4.69) is 39.2 Å². The molecule has 2 saturated heterocycles. The second-order valence-corrected chi connectivity index (χ2v) is 8.82. The Balaban J connectivity index is 1.20. The van der Waals surface area contributed by atoms with Crippen molar-refractivity contribution in [1.82, 2.24) is 10.2 Å². The molecule has 2 fully saturated rings. The highest BCUT2D eigenvalue weighted by Gasteiger charge is 2.20. The normalized spacial score (nSPS) is 18.2. The number of anilines is 2. The Bertz CT molecular complexity index is 1130. The summed E-state index contributed by atoms with van der Waals surface area (Å²) in [6, 6.07) is 15.8. The molecule has 5 rings (SSSR count). The number of carbonyl (C=O) groups is 1. The van der Waals surface area contributed by atoms with Crippen LogP contribution in [0.15, 0.2) is 70.9 Å². The SMILES string of the molecule is C=C(NC1=NCCN=C1c1ccc(C(=O)N2CCOCC2)cc1)Nc1ccc(N2CCOCC2)cc1. The molecule has 0 bridgehead atoms. The molecule has 0 unspecified atom stereocenters. The Morgan fingerprint density at radius 3 is 2.14 bits per heavy atom. The topological polar surface area (TPSA) is 90.8 Å². The summed E-state index contributed by atoms with van der Waals surface area (Å²) >= 11 is 0. The van der Waals surface area contributed by atoms with Crippen molar-refractivity contribution in [1.29, 1.82) is 0 Å². The van der Waals surface area contributed by atoms with E-state index in [0.29, 0.717) is 56.6 Å². The van der Waals surface area contributed by atoms with Crippen LogP contribution in [0.5, 0.6) is 0 Å². The van der Waals surface area contributed by atoms with Gasteiger partial charge in [-0.1, -0.05) is 18.7 Å². The maximum atomic E-state index is 12.8. The maximum absolute atomic E-state index is 12.8. The van der Waals surface area contributed by atoms with Gasteiger partial charge in [-0.15, -0.1) is 0 Å². The Hall–Kier alpha value is -3.69. The molecule has 2 aromatic rings. The average molecular weight is 489 g/mol. The second-order valence-electron chi connectivity index (χ2n) is 8.82. The van der Waals surface area contributed by atoms with E-state index in [4.69, 9.17) is 14.5 Å². The van der Waals surface area contributed by atoms with E-state index in [-0.39, 0.29) is 5.91 Å². The first kappa shape index (κ1) is 24.0. The zero-order valence-corrected chi connectivity index (χ0v) is 20.4. The van der Waals surface area contributed by atoms with Crippen LogP contribution in [0.4, 0.5) is 11.4 Å². The number of amidine groups is 1. The minimum Gasteiger partial charge on any atom is -0.378 e. The van der Waals surface area contributed by atoms with Crippen LogP contribution in [0, 0.1) is 0 Å². The maximum Gasteiger partial charge on any atom is 0.254 e. The highest BCUT2D eigenvalue weighted by Crippen LogP contribution is 2.20. The molecule has 0 aliphatic carbocycles. The van der Waals surface area contributed by atoms with Gasteiger partial charge in [0.2, 0.25) is 0 Å². The van der Waals surface area contributed by atoms with Crippen LogP contribution in [-0.4, -0.2) is 88.1 Å². The molecule has 0 radical (unpaired) electrons. The molecule has 0 spiro atoms. The van der Waals surface area contributed by atoms with Crippen LogP contribution in [0.3, 0.4) is 0 Å². The Morgan fingerprint density at radius 1 is 0.806 bits per heavy atom. The summed E-state index contributed by atoms with van der Waals surface area (Å²) in [5.41, 5.74) is 4.45. The van der Waals surface area contributed by atoms with Gasteiger partial charge in [0, 0.05) is 48.7 Å². The summed E-state index contributed by atoms with van der Waals surface area (Å²) in [6.45, 7) is 11.1. The number of nitrogens with one attached hydrogen (secondary N) is 2. The van der Waals surface area contributed by atoms with Crippen molar-refractivity contribution in [2.45, 2.75) is 0 Å². The molecule has 188 valence electrons. The van der Waals surface area contributed by atoms with Gasteiger partial charge in [0.1, 0.15) is 11.5 Å². The Morgan fingerprint density at radius 2 is 1.44 bits per heavy atom. The number of amides is 1. The molecule has 3 aliphatic rings. The first-order valence-electron chi connectivity index (χ1n) is 12.4. The minimum atomic E-state index is 0.0275. The van der Waals surface area contributed by atoms with E-state index in [1.54, 1.807) is 0 Å². The molecule has 2 aromatic carbocycles. The van der Waals surface area contributed by atoms with Crippen LogP contribution in [0.1, 0.15) is 15.9 Å². The fraction of sp³-hybridized carbons (Fsp3) is 0.370. The van der Waals surface area contributed by atoms with Gasteiger partial charge in [-0.25, -0.2) is 0 Å². The van der Waals surface area contributed by atoms with Crippen molar-refractivity contribution in [3.8, 4) is 0 Å². The fourth-order valence-electron chi connectivity index (χ4n) is 4.45. The first-order valence-corrected chi connectivity index (χ1v) is 12.4. The number of aliphatic imine (C=N–C) groups is 2. The van der Waals surface area contributed by atoms with Crippen molar-refractivity contribution >= 4 is 28.8 Å². The van der Waals surface area contributed by atoms with Crippen LogP contribution >= 0.6 is 0 Å². The highest BCUT2D eigenvalue weighted by atomic mass is 16.5. The lowest BCUT2D eigenvalue weighted by Crippen LogP contribution is -2.40. The predicted octanol–water partition coefficient (Wildman–Crippen LogP) is 2.37. The van der Waals surface area contributed by atoms with Gasteiger partial charge < -0.3 is 29.9 Å². The Kier molecular flexibility index (Phi) is 7.58. The number of benzene rings is 2. The molecule has 3 heterocycles. The van der Waals surface area contributed by atoms with E-state index < -0.39 is 0 Å². The van der Waals surface area contributed by atoms with Gasteiger partial charge in [-0.05, 0) is 36.4 Å². The highest BCUT2D eigenvalue weighted by molar-refractivity contribution is 6.48. The van der Waals surface area contributed by atoms with Gasteiger partial charge in [-0.2, -0.15) is 0 Å². The van der Waals surface area contributed by atoms with Crippen molar-refractivity contribution < 1.29 is 14.3 Å². The average Bonchev–Trinajstić information content (AvgIpc) is 2.94. The Labute approximate surface area is 211 Å². The van der Waals surface area contributed by atoms with Crippen LogP contribution in [0.2, 0.25) is 0 Å². The van der Waals surface area contributed by atoms with Crippen molar-refractivity contribution in [3.63, 3.8) is 0 Å². The molecular weight excluding hydrogens is 456 g/mol. The molecule has 1 amide bonds. The molecule has 36 heavy (non-hydrogen) atoms. The van der Waals surface area contributed by atoms with E-state index in [1.807, 2.05) is 41.3 Å². The number of carbonyl (C=O) groups excluding carboxylic acids is 1. The first-order chi connectivity index (χ1) is 17.7. The molecule has 2 N–H and O–H groups in total. The third kappa shape index (κ3) is 5.75. The number of hydrogen-bond acceptors (Lipinski definition) is 8. The van der Waals surface area contributed by atoms with Crippen LogP contribution in [0.25, 0.3) is 0 Å². The molecule has 3 aliphatic heterocycles. The lowest BCUT2D eigenvalue weighted by molar-refractivity contribution is 0.0303. The van der Waals surface area contributed by atoms with Gasteiger partial charge in [-0.3, -0.25) is 14.8 Å². The van der Waals surface area contributed by atoms with Gasteiger partial charge in [0.05, 0.1) is 39.5 Å². The zero-order chi connectivity index (χ0) is 24.7. The molecule has 9 heteroatoms. The van der Waals surface area contributed by atoms with E-state index >= 15 is 0 Å². The molecule has 9 nitrogen and oxygen atoms in total. The number of morpholine rings is 2. The number of nitrogens with zero attached hydrogens (tertiary/aromatic N) is 4. The van der Waals surface area contributed by atoms with E-state index in [1.165, 1.54) is 5.69 Å². The summed E-state index contributed by atoms with van der Waals surface area (Å²) in [4.78, 5) is 26.2. The lowest BCUT2D eigenvalue weighted by atomic mass is 10.0. The molecular formula is C27H32N6O3. The lowest BCUT2D eigenvalue weighted by Gasteiger charge is -2.29. The van der Waals surface area contributed by atoms with E-state index in [0.717, 1.165) is 43.3 Å². The van der Waals surface area contributed by atoms with Gasteiger partial charge in [0.15, 0.2) is 5.84 Å². The fourth-order valence-corrected chi connectivity index (χ4v) is 4.45. The molecule has 0 aromatic heterocycles. The summed E-state index contributed by atoms with van der Waals surface area (Å²) in [7, 11) is 0. The largest absolute Gasteiger partial charge is 0.378 e. The molecule has 0 saturated carbocycles. The van der Waals surface area contributed by atoms with Gasteiger partial charge >= 0.3 is 0 Å². The smallest absolute Gasteiger partial charge is 0.254 e. The quantitative estimate of drug-likeness (QED) is 0.649. The summed E-state index contributed by atoms with van der Waals surface area (Å²) in [5.74, 6) is 1.30. The summed E-state index contributed by atoms with van der Waals surface area (Å²) < 4.78 is 10.8. The number of rotatable bonds is 6. The van der Waals surface area contributed by atoms with Crippen molar-refractivity contribution in [2.75, 3.05) is 75.9 Å². The van der Waals surface area contributed by atoms with E-state index in [9.17, 15) is 4.79 Å². The van der Waals surface area contributed by atoms with Gasteiger partial charge in [0.25, 0.3) is 5.91 Å². The summed E-state index contributed by atoms with van der Waals surface area (Å²) in [5, 5.41) is 6.59. The standard InChI is InChI=1S/C27H32N6O3/c1-20(30-23-6-8-24(9-7-23)32-12-16-35-17-13-32)31-26-25(28-10-11-29-26)21-2-4-22(5-3-21)27(34)33-14-18-36-19-15-33/h2-9,30H,1,10-19H2,(H,29,31).